The van der Waals surface area contributed by atoms with Crippen molar-refractivity contribution in [2.75, 3.05) is 16.8 Å². The van der Waals surface area contributed by atoms with E-state index in [1.54, 1.807) is 12.1 Å². The van der Waals surface area contributed by atoms with E-state index in [9.17, 15) is 18.0 Å². The Kier molecular flexibility index (Phi) is 4.96. The maximum Gasteiger partial charge on any atom is 0.258 e. The summed E-state index contributed by atoms with van der Waals surface area (Å²) in [5.41, 5.74) is 0.958. The van der Waals surface area contributed by atoms with Gasteiger partial charge < -0.3 is 10.2 Å². The number of carbonyl (C=O) groups excluding carboxylic acids is 1. The molecule has 162 valence electrons. The second kappa shape index (κ2) is 7.95. The Morgan fingerprint density at radius 3 is 2.72 bits per heavy atom. The van der Waals surface area contributed by atoms with Gasteiger partial charge in [-0.2, -0.15) is 8.91 Å². The largest absolute Gasteiger partial charge is 0.348 e. The predicted molar refractivity (Wildman–Crippen MR) is 111 cm³/mol. The minimum atomic E-state index is -0.683. The van der Waals surface area contributed by atoms with Gasteiger partial charge in [0.05, 0.1) is 17.8 Å². The normalized spacial score (nSPS) is 16.0. The summed E-state index contributed by atoms with van der Waals surface area (Å²) in [6.45, 7) is 0.622. The summed E-state index contributed by atoms with van der Waals surface area (Å²) in [6.07, 6.45) is 4.04. The zero-order valence-electron chi connectivity index (χ0n) is 16.7. The molecule has 0 spiro atoms. The van der Waals surface area contributed by atoms with Crippen LogP contribution in [0.25, 0.3) is 5.65 Å². The van der Waals surface area contributed by atoms with Gasteiger partial charge in [0.25, 0.3) is 5.91 Å². The molecule has 1 N–H and O–H groups in total. The smallest absolute Gasteiger partial charge is 0.258 e. The Morgan fingerprint density at radius 1 is 1.03 bits per heavy atom. The van der Waals surface area contributed by atoms with Crippen molar-refractivity contribution in [2.24, 2.45) is 0 Å². The third-order valence-corrected chi connectivity index (χ3v) is 5.44. The van der Waals surface area contributed by atoms with E-state index in [4.69, 9.17) is 0 Å². The van der Waals surface area contributed by atoms with Crippen LogP contribution in [0.15, 0.2) is 54.9 Å². The van der Waals surface area contributed by atoms with Crippen LogP contribution in [0, 0.1) is 17.6 Å². The molecule has 1 aliphatic heterocycles. The van der Waals surface area contributed by atoms with Crippen LogP contribution in [-0.4, -0.2) is 32.0 Å². The molecule has 7 nitrogen and oxygen atoms in total. The van der Waals surface area contributed by atoms with Crippen LogP contribution in [-0.2, 0) is 0 Å². The van der Waals surface area contributed by atoms with Gasteiger partial charge in [0.15, 0.2) is 11.5 Å². The molecule has 0 saturated carbocycles. The van der Waals surface area contributed by atoms with E-state index in [-0.39, 0.29) is 17.2 Å². The summed E-state index contributed by atoms with van der Waals surface area (Å²) < 4.78 is 42.6. The quantitative estimate of drug-likeness (QED) is 0.485. The van der Waals surface area contributed by atoms with Gasteiger partial charge in [-0.15, -0.1) is 5.10 Å². The average Bonchev–Trinajstić information content (AvgIpc) is 3.43. The van der Waals surface area contributed by atoms with E-state index in [0.717, 1.165) is 30.8 Å². The lowest BCUT2D eigenvalue weighted by atomic mass is 10.0. The molecule has 0 aliphatic carbocycles. The van der Waals surface area contributed by atoms with Crippen LogP contribution in [0.4, 0.5) is 24.8 Å². The van der Waals surface area contributed by atoms with Crippen molar-refractivity contribution in [3.05, 3.63) is 83.6 Å². The van der Waals surface area contributed by atoms with Crippen molar-refractivity contribution in [3.63, 3.8) is 0 Å². The monoisotopic (exact) mass is 438 g/mol. The van der Waals surface area contributed by atoms with Crippen molar-refractivity contribution in [3.8, 4) is 0 Å². The summed E-state index contributed by atoms with van der Waals surface area (Å²) in [5, 5.41) is 7.27. The van der Waals surface area contributed by atoms with Gasteiger partial charge in [-0.1, -0.05) is 0 Å². The van der Waals surface area contributed by atoms with E-state index in [2.05, 4.69) is 20.4 Å². The van der Waals surface area contributed by atoms with E-state index >= 15 is 0 Å². The Labute approximate surface area is 180 Å². The van der Waals surface area contributed by atoms with Crippen molar-refractivity contribution >= 4 is 23.2 Å². The number of pyridine rings is 1. The molecular formula is C22H17F3N6O. The number of carbonyl (C=O) groups is 1. The second-order valence-electron chi connectivity index (χ2n) is 7.45. The van der Waals surface area contributed by atoms with Gasteiger partial charge >= 0.3 is 0 Å². The Hall–Kier alpha value is -3.95. The van der Waals surface area contributed by atoms with E-state index < -0.39 is 23.5 Å². The number of amides is 1. The molecule has 32 heavy (non-hydrogen) atoms. The Balaban J connectivity index is 1.46. The molecule has 1 aromatic carbocycles. The lowest BCUT2D eigenvalue weighted by Crippen LogP contribution is -2.25. The standard InChI is InChI=1S/C22H17F3N6O/c23-14-4-5-16(24)15(10-14)17-2-1-9-30(17)20-8-7-19-27-12-21(31(19)29-20)28-22(32)13-3-6-18(25)26-11-13/h3-8,10-12,17H,1-2,9H2,(H,28,32)/t17-/m1/s1. The number of nitrogens with zero attached hydrogens (tertiary/aromatic N) is 5. The Morgan fingerprint density at radius 2 is 1.91 bits per heavy atom. The highest BCUT2D eigenvalue weighted by Crippen LogP contribution is 2.36. The molecule has 0 unspecified atom stereocenters. The molecule has 0 radical (unpaired) electrons. The number of aromatic nitrogens is 4. The zero-order chi connectivity index (χ0) is 22.2. The van der Waals surface area contributed by atoms with Crippen LogP contribution >= 0.6 is 0 Å². The van der Waals surface area contributed by atoms with Crippen molar-refractivity contribution in [1.82, 2.24) is 19.6 Å². The molecule has 0 bridgehead atoms. The number of rotatable bonds is 4. The first-order valence-electron chi connectivity index (χ1n) is 9.99. The van der Waals surface area contributed by atoms with Crippen LogP contribution in [0.1, 0.15) is 34.8 Å². The Bertz CT molecular complexity index is 1310. The molecule has 10 heteroatoms. The van der Waals surface area contributed by atoms with E-state index in [1.807, 2.05) is 4.90 Å². The highest BCUT2D eigenvalue weighted by atomic mass is 19.1. The fourth-order valence-electron chi connectivity index (χ4n) is 3.93. The maximum absolute atomic E-state index is 14.4. The summed E-state index contributed by atoms with van der Waals surface area (Å²) in [4.78, 5) is 22.1. The number of anilines is 2. The van der Waals surface area contributed by atoms with Crippen molar-refractivity contribution in [1.29, 1.82) is 0 Å². The summed E-state index contributed by atoms with van der Waals surface area (Å²) >= 11 is 0. The fraction of sp³-hybridized carbons (Fsp3) is 0.182. The highest BCUT2D eigenvalue weighted by Gasteiger charge is 2.30. The van der Waals surface area contributed by atoms with Crippen LogP contribution in [0.5, 0.6) is 0 Å². The first-order chi connectivity index (χ1) is 15.5. The molecule has 4 aromatic rings. The molecule has 1 aliphatic rings. The fourth-order valence-corrected chi connectivity index (χ4v) is 3.93. The van der Waals surface area contributed by atoms with Gasteiger partial charge in [-0.05, 0) is 55.3 Å². The lowest BCUT2D eigenvalue weighted by molar-refractivity contribution is 0.102. The third-order valence-electron chi connectivity index (χ3n) is 5.44. The number of hydrogen-bond acceptors (Lipinski definition) is 5. The number of halogens is 3. The molecular weight excluding hydrogens is 421 g/mol. The third kappa shape index (κ3) is 3.64. The van der Waals surface area contributed by atoms with Gasteiger partial charge in [0.1, 0.15) is 17.5 Å². The predicted octanol–water partition coefficient (Wildman–Crippen LogP) is 4.14. The van der Waals surface area contributed by atoms with Crippen molar-refractivity contribution < 1.29 is 18.0 Å². The SMILES string of the molecule is O=C(Nc1cnc2ccc(N3CCC[C@@H]3c3cc(F)ccc3F)nn12)c1ccc(F)nc1. The van der Waals surface area contributed by atoms with Crippen molar-refractivity contribution in [2.45, 2.75) is 18.9 Å². The summed E-state index contributed by atoms with van der Waals surface area (Å²) in [6, 6.07) is 8.99. The van der Waals surface area contributed by atoms with Gasteiger partial charge in [0.2, 0.25) is 5.95 Å². The molecule has 1 amide bonds. The first kappa shape index (κ1) is 20.0. The van der Waals surface area contributed by atoms with E-state index in [0.29, 0.717) is 30.2 Å². The minimum absolute atomic E-state index is 0.179. The highest BCUT2D eigenvalue weighted by molar-refractivity contribution is 6.03. The molecule has 1 fully saturated rings. The van der Waals surface area contributed by atoms with Gasteiger partial charge in [-0.25, -0.2) is 18.7 Å². The average molecular weight is 438 g/mol. The molecule has 5 rings (SSSR count). The van der Waals surface area contributed by atoms with Crippen LogP contribution in [0.2, 0.25) is 0 Å². The van der Waals surface area contributed by atoms with E-state index in [1.165, 1.54) is 22.8 Å². The zero-order valence-corrected chi connectivity index (χ0v) is 16.7. The topological polar surface area (TPSA) is 75.4 Å². The molecule has 4 heterocycles. The number of imidazole rings is 1. The maximum atomic E-state index is 14.4. The molecule has 3 aromatic heterocycles. The molecule has 1 saturated heterocycles. The number of benzene rings is 1. The molecule has 1 atom stereocenters. The summed E-state index contributed by atoms with van der Waals surface area (Å²) in [5.74, 6) is -1.28. The second-order valence-corrected chi connectivity index (χ2v) is 7.45. The first-order valence-corrected chi connectivity index (χ1v) is 9.99. The van der Waals surface area contributed by atoms with Gasteiger partial charge in [-0.3, -0.25) is 4.79 Å². The number of nitrogens with one attached hydrogen (secondary N) is 1. The number of hydrogen-bond donors (Lipinski definition) is 1. The lowest BCUT2D eigenvalue weighted by Gasteiger charge is -2.26. The summed E-state index contributed by atoms with van der Waals surface area (Å²) in [7, 11) is 0. The van der Waals surface area contributed by atoms with Crippen LogP contribution in [0.3, 0.4) is 0 Å². The minimum Gasteiger partial charge on any atom is -0.348 e. The number of fused-ring (bicyclic) bond motifs is 1. The van der Waals surface area contributed by atoms with Crippen LogP contribution < -0.4 is 10.2 Å². The van der Waals surface area contributed by atoms with Gasteiger partial charge in [0, 0.05) is 18.3 Å².